The van der Waals surface area contributed by atoms with Crippen LogP contribution >= 0.6 is 0 Å². The molecule has 0 atom stereocenters. The molecule has 0 radical (unpaired) electrons. The predicted molar refractivity (Wildman–Crippen MR) is 52.2 cm³/mol. The van der Waals surface area contributed by atoms with Gasteiger partial charge in [-0.15, -0.1) is 0 Å². The summed E-state index contributed by atoms with van der Waals surface area (Å²) in [6.45, 7) is 9.39. The molecule has 1 rings (SSSR count). The van der Waals surface area contributed by atoms with Crippen molar-refractivity contribution in [3.8, 4) is 0 Å². The number of amidine groups is 1. The number of rotatable bonds is 2. The summed E-state index contributed by atoms with van der Waals surface area (Å²) in [6, 6.07) is 0. The predicted octanol–water partition coefficient (Wildman–Crippen LogP) is 1.54. The van der Waals surface area contributed by atoms with Gasteiger partial charge in [-0.2, -0.15) is 0 Å². The molecule has 1 fully saturated rings. The monoisotopic (exact) mass is 167 g/mol. The summed E-state index contributed by atoms with van der Waals surface area (Å²) in [6.07, 6.45) is 2.41. The summed E-state index contributed by atoms with van der Waals surface area (Å²) in [7, 11) is 0. The molecule has 0 saturated carbocycles. The van der Waals surface area contributed by atoms with Gasteiger partial charge in [0.15, 0.2) is 0 Å². The highest BCUT2D eigenvalue weighted by Crippen LogP contribution is 2.17. The lowest BCUT2D eigenvalue weighted by molar-refractivity contribution is 0.465. The van der Waals surface area contributed by atoms with Gasteiger partial charge in [0.05, 0.1) is 0 Å². The van der Waals surface area contributed by atoms with Gasteiger partial charge in [-0.25, -0.2) is 0 Å². The first-order valence-corrected chi connectivity index (χ1v) is 4.40. The Morgan fingerprint density at radius 1 is 1.42 bits per heavy atom. The summed E-state index contributed by atoms with van der Waals surface area (Å²) in [4.78, 5) is 6.04. The molecule has 0 amide bonds. The summed E-state index contributed by atoms with van der Waals surface area (Å²) < 4.78 is 0. The van der Waals surface area contributed by atoms with E-state index in [4.69, 9.17) is 5.41 Å². The van der Waals surface area contributed by atoms with Crippen molar-refractivity contribution >= 4 is 12.6 Å². The van der Waals surface area contributed by atoms with Crippen molar-refractivity contribution in [2.24, 2.45) is 4.99 Å². The Morgan fingerprint density at radius 2 is 1.92 bits per heavy atom. The molecule has 1 aliphatic rings. The van der Waals surface area contributed by atoms with E-state index in [9.17, 15) is 0 Å². The van der Waals surface area contributed by atoms with Gasteiger partial charge in [-0.05, 0) is 33.4 Å². The van der Waals surface area contributed by atoms with Gasteiger partial charge >= 0.3 is 0 Å². The topological polar surface area (TPSA) is 39.5 Å². The SMILES string of the molecule is C=NC(C)(C)C(=N)N1CCCC1. The third kappa shape index (κ3) is 1.65. The maximum absolute atomic E-state index is 7.88. The normalized spacial score (nSPS) is 18.0. The first kappa shape index (κ1) is 9.23. The Labute approximate surface area is 74.0 Å². The van der Waals surface area contributed by atoms with Gasteiger partial charge < -0.3 is 4.90 Å². The van der Waals surface area contributed by atoms with Gasteiger partial charge in [-0.1, -0.05) is 0 Å². The molecule has 0 bridgehead atoms. The highest BCUT2D eigenvalue weighted by atomic mass is 15.2. The molecule has 0 unspecified atom stereocenters. The molecule has 0 aromatic rings. The lowest BCUT2D eigenvalue weighted by Crippen LogP contribution is -2.41. The Bertz CT molecular complexity index is 190. The van der Waals surface area contributed by atoms with Crippen LogP contribution in [0.15, 0.2) is 4.99 Å². The largest absolute Gasteiger partial charge is 0.359 e. The molecule has 68 valence electrons. The summed E-state index contributed by atoms with van der Waals surface area (Å²) in [5.41, 5.74) is -0.412. The molecular formula is C9H17N3. The minimum Gasteiger partial charge on any atom is -0.359 e. The van der Waals surface area contributed by atoms with Crippen LogP contribution in [-0.2, 0) is 0 Å². The number of aliphatic imine (C=N–C) groups is 1. The second-order valence-electron chi connectivity index (χ2n) is 3.76. The third-order valence-electron chi connectivity index (χ3n) is 2.40. The average Bonchev–Trinajstić information content (AvgIpc) is 2.55. The quantitative estimate of drug-likeness (QED) is 0.492. The second kappa shape index (κ2) is 3.25. The number of likely N-dealkylation sites (tertiary alicyclic amines) is 1. The van der Waals surface area contributed by atoms with E-state index in [1.165, 1.54) is 12.8 Å². The van der Waals surface area contributed by atoms with Gasteiger partial charge in [-0.3, -0.25) is 10.4 Å². The molecule has 0 aliphatic carbocycles. The van der Waals surface area contributed by atoms with E-state index in [-0.39, 0.29) is 0 Å². The maximum atomic E-state index is 7.88. The van der Waals surface area contributed by atoms with Crippen molar-refractivity contribution in [1.82, 2.24) is 4.90 Å². The molecule has 1 aliphatic heterocycles. The highest BCUT2D eigenvalue weighted by molar-refractivity contribution is 5.89. The maximum Gasteiger partial charge on any atom is 0.124 e. The van der Waals surface area contributed by atoms with Crippen molar-refractivity contribution < 1.29 is 0 Å². The average molecular weight is 167 g/mol. The molecule has 0 aromatic heterocycles. The van der Waals surface area contributed by atoms with Crippen LogP contribution in [0.5, 0.6) is 0 Å². The molecule has 3 nitrogen and oxygen atoms in total. The molecule has 0 aromatic carbocycles. The van der Waals surface area contributed by atoms with Gasteiger partial charge in [0.1, 0.15) is 11.4 Å². The zero-order valence-corrected chi connectivity index (χ0v) is 7.93. The smallest absolute Gasteiger partial charge is 0.124 e. The lowest BCUT2D eigenvalue weighted by atomic mass is 10.0. The molecule has 0 spiro atoms. The van der Waals surface area contributed by atoms with E-state index >= 15 is 0 Å². The van der Waals surface area contributed by atoms with Gasteiger partial charge in [0.2, 0.25) is 0 Å². The Kier molecular flexibility index (Phi) is 2.50. The van der Waals surface area contributed by atoms with Crippen LogP contribution in [0.1, 0.15) is 26.7 Å². The van der Waals surface area contributed by atoms with Gasteiger partial charge in [0, 0.05) is 13.1 Å². The van der Waals surface area contributed by atoms with Crippen LogP contribution in [0.3, 0.4) is 0 Å². The number of nitrogens with one attached hydrogen (secondary N) is 1. The Morgan fingerprint density at radius 3 is 2.33 bits per heavy atom. The molecular weight excluding hydrogens is 150 g/mol. The zero-order chi connectivity index (χ0) is 9.19. The number of hydrogen-bond acceptors (Lipinski definition) is 2. The van der Waals surface area contributed by atoms with Crippen molar-refractivity contribution in [3.63, 3.8) is 0 Å². The molecule has 1 N–H and O–H groups in total. The Hall–Kier alpha value is -0.860. The van der Waals surface area contributed by atoms with Crippen LogP contribution < -0.4 is 0 Å². The first-order valence-electron chi connectivity index (χ1n) is 4.40. The second-order valence-corrected chi connectivity index (χ2v) is 3.76. The molecule has 12 heavy (non-hydrogen) atoms. The van der Waals surface area contributed by atoms with E-state index in [1.807, 2.05) is 13.8 Å². The van der Waals surface area contributed by atoms with Crippen LogP contribution in [0, 0.1) is 5.41 Å². The Balaban J connectivity index is 2.62. The molecule has 3 heteroatoms. The summed E-state index contributed by atoms with van der Waals surface area (Å²) in [5.74, 6) is 0.606. The fourth-order valence-electron chi connectivity index (χ4n) is 1.40. The minimum absolute atomic E-state index is 0.412. The van der Waals surface area contributed by atoms with Crippen molar-refractivity contribution in [1.29, 1.82) is 5.41 Å². The number of hydrogen-bond donors (Lipinski definition) is 1. The summed E-state index contributed by atoms with van der Waals surface area (Å²) in [5, 5.41) is 7.88. The van der Waals surface area contributed by atoms with Crippen LogP contribution in [-0.4, -0.2) is 36.1 Å². The fourth-order valence-corrected chi connectivity index (χ4v) is 1.40. The van der Waals surface area contributed by atoms with Crippen LogP contribution in [0.4, 0.5) is 0 Å². The van der Waals surface area contributed by atoms with E-state index in [2.05, 4.69) is 16.6 Å². The van der Waals surface area contributed by atoms with Crippen molar-refractivity contribution in [3.05, 3.63) is 0 Å². The lowest BCUT2D eigenvalue weighted by Gasteiger charge is -2.28. The van der Waals surface area contributed by atoms with E-state index in [0.717, 1.165) is 13.1 Å². The van der Waals surface area contributed by atoms with Gasteiger partial charge in [0.25, 0.3) is 0 Å². The minimum atomic E-state index is -0.412. The summed E-state index contributed by atoms with van der Waals surface area (Å²) >= 11 is 0. The van der Waals surface area contributed by atoms with Crippen molar-refractivity contribution in [2.45, 2.75) is 32.2 Å². The molecule has 1 heterocycles. The zero-order valence-electron chi connectivity index (χ0n) is 7.93. The number of nitrogens with zero attached hydrogens (tertiary/aromatic N) is 2. The first-order chi connectivity index (χ1) is 5.58. The third-order valence-corrected chi connectivity index (χ3v) is 2.40. The van der Waals surface area contributed by atoms with Crippen LogP contribution in [0.25, 0.3) is 0 Å². The van der Waals surface area contributed by atoms with Crippen molar-refractivity contribution in [2.75, 3.05) is 13.1 Å². The standard InChI is InChI=1S/C9H17N3/c1-9(2,11-3)8(10)12-6-4-5-7-12/h10H,3-7H2,1-2H3. The highest BCUT2D eigenvalue weighted by Gasteiger charge is 2.27. The molecule has 1 saturated heterocycles. The van der Waals surface area contributed by atoms with E-state index in [1.54, 1.807) is 0 Å². The van der Waals surface area contributed by atoms with E-state index < -0.39 is 5.54 Å². The fraction of sp³-hybridized carbons (Fsp3) is 0.778. The van der Waals surface area contributed by atoms with Crippen LogP contribution in [0.2, 0.25) is 0 Å². The van der Waals surface area contributed by atoms with E-state index in [0.29, 0.717) is 5.84 Å².